The van der Waals surface area contributed by atoms with Gasteiger partial charge in [0.15, 0.2) is 0 Å². The minimum absolute atomic E-state index is 0.475. The first kappa shape index (κ1) is 13.1. The molecular formula is C12H18O3P+. The van der Waals surface area contributed by atoms with E-state index in [4.69, 9.17) is 9.26 Å². The lowest BCUT2D eigenvalue weighted by Gasteiger charge is -1.98. The average Bonchev–Trinajstić information content (AvgIpc) is 2.30. The van der Waals surface area contributed by atoms with E-state index in [9.17, 15) is 4.57 Å². The number of hydrogen-bond donors (Lipinski definition) is 0. The molecule has 16 heavy (non-hydrogen) atoms. The summed E-state index contributed by atoms with van der Waals surface area (Å²) in [5.41, 5.74) is 1.01. The van der Waals surface area contributed by atoms with Crippen molar-refractivity contribution in [2.45, 2.75) is 25.9 Å². The molecule has 0 aliphatic rings. The SMILES string of the molecule is CCCCO[P+](=O)Cc1ccc(OC)cc1. The molecule has 3 nitrogen and oxygen atoms in total. The highest BCUT2D eigenvalue weighted by atomic mass is 31.1. The van der Waals surface area contributed by atoms with Crippen LogP contribution in [0.3, 0.4) is 0 Å². The van der Waals surface area contributed by atoms with Gasteiger partial charge in [-0.25, -0.2) is 0 Å². The summed E-state index contributed by atoms with van der Waals surface area (Å²) in [5.74, 6) is 0.811. The van der Waals surface area contributed by atoms with Gasteiger partial charge in [-0.05, 0) is 23.1 Å². The molecule has 0 radical (unpaired) electrons. The van der Waals surface area contributed by atoms with E-state index in [1.165, 1.54) is 0 Å². The summed E-state index contributed by atoms with van der Waals surface area (Å²) >= 11 is 0. The summed E-state index contributed by atoms with van der Waals surface area (Å²) in [7, 11) is 0.0552. The van der Waals surface area contributed by atoms with Crippen LogP contribution in [0.5, 0.6) is 5.75 Å². The zero-order chi connectivity index (χ0) is 11.8. The van der Waals surface area contributed by atoms with Gasteiger partial charge >= 0.3 is 8.03 Å². The fourth-order valence-corrected chi connectivity index (χ4v) is 2.17. The Morgan fingerprint density at radius 1 is 1.25 bits per heavy atom. The van der Waals surface area contributed by atoms with Crippen molar-refractivity contribution in [3.05, 3.63) is 29.8 Å². The summed E-state index contributed by atoms with van der Waals surface area (Å²) in [4.78, 5) is 0. The fraction of sp³-hybridized carbons (Fsp3) is 0.500. The maximum atomic E-state index is 11.5. The van der Waals surface area contributed by atoms with Gasteiger partial charge in [0.25, 0.3) is 0 Å². The molecule has 4 heteroatoms. The maximum Gasteiger partial charge on any atom is 0.512 e. The van der Waals surface area contributed by atoms with Gasteiger partial charge in [0, 0.05) is 5.56 Å². The lowest BCUT2D eigenvalue weighted by atomic mass is 10.2. The van der Waals surface area contributed by atoms with Crippen LogP contribution in [-0.4, -0.2) is 13.7 Å². The summed E-state index contributed by atoms with van der Waals surface area (Å²) in [6.07, 6.45) is 2.50. The van der Waals surface area contributed by atoms with Crippen molar-refractivity contribution in [3.8, 4) is 5.75 Å². The van der Waals surface area contributed by atoms with Crippen molar-refractivity contribution >= 4 is 8.03 Å². The van der Waals surface area contributed by atoms with E-state index >= 15 is 0 Å². The predicted molar refractivity (Wildman–Crippen MR) is 65.2 cm³/mol. The van der Waals surface area contributed by atoms with Gasteiger partial charge in [-0.2, -0.15) is 0 Å². The van der Waals surface area contributed by atoms with Crippen LogP contribution in [-0.2, 0) is 15.3 Å². The number of methoxy groups -OCH3 is 1. The largest absolute Gasteiger partial charge is 0.512 e. The summed E-state index contributed by atoms with van der Waals surface area (Å²) < 4.78 is 21.8. The highest BCUT2D eigenvalue weighted by Crippen LogP contribution is 2.28. The normalized spacial score (nSPS) is 11.2. The number of rotatable bonds is 7. The monoisotopic (exact) mass is 241 g/mol. The fourth-order valence-electron chi connectivity index (χ4n) is 1.24. The second-order valence-corrected chi connectivity index (χ2v) is 4.77. The molecule has 0 spiro atoms. The minimum atomic E-state index is -1.57. The van der Waals surface area contributed by atoms with E-state index in [2.05, 4.69) is 6.92 Å². The third-order valence-corrected chi connectivity index (χ3v) is 3.30. The average molecular weight is 241 g/mol. The topological polar surface area (TPSA) is 35.5 Å². The molecule has 0 saturated heterocycles. The first-order chi connectivity index (χ1) is 7.76. The zero-order valence-electron chi connectivity index (χ0n) is 9.81. The minimum Gasteiger partial charge on any atom is -0.497 e. The Morgan fingerprint density at radius 2 is 1.94 bits per heavy atom. The van der Waals surface area contributed by atoms with Gasteiger partial charge in [0.05, 0.1) is 7.11 Å². The van der Waals surface area contributed by atoms with Crippen molar-refractivity contribution in [3.63, 3.8) is 0 Å². The Kier molecular flexibility index (Phi) is 6.05. The second-order valence-electron chi connectivity index (χ2n) is 3.53. The van der Waals surface area contributed by atoms with Crippen LogP contribution in [0.2, 0.25) is 0 Å². The number of hydrogen-bond acceptors (Lipinski definition) is 3. The highest BCUT2D eigenvalue weighted by molar-refractivity contribution is 7.38. The number of ether oxygens (including phenoxy) is 1. The molecule has 1 aromatic carbocycles. The molecule has 0 heterocycles. The van der Waals surface area contributed by atoms with Crippen molar-refractivity contribution < 1.29 is 13.8 Å². The summed E-state index contributed by atoms with van der Waals surface area (Å²) in [5, 5.41) is 0. The molecule has 88 valence electrons. The maximum absolute atomic E-state index is 11.5. The first-order valence-corrected chi connectivity index (χ1v) is 6.83. The van der Waals surface area contributed by atoms with Gasteiger partial charge in [0.2, 0.25) is 6.16 Å². The first-order valence-electron chi connectivity index (χ1n) is 5.46. The Bertz CT molecular complexity index is 322. The molecule has 1 rings (SSSR count). The Balaban J connectivity index is 2.37. The molecule has 0 amide bonds. The predicted octanol–water partition coefficient (Wildman–Crippen LogP) is 3.75. The Morgan fingerprint density at radius 3 is 2.50 bits per heavy atom. The second kappa shape index (κ2) is 7.37. The summed E-state index contributed by atoms with van der Waals surface area (Å²) in [6.45, 7) is 2.67. The van der Waals surface area contributed by atoms with Crippen LogP contribution in [0, 0.1) is 0 Å². The van der Waals surface area contributed by atoms with E-state index < -0.39 is 8.03 Å². The molecule has 0 fully saturated rings. The molecule has 0 aromatic heterocycles. The molecule has 0 aliphatic carbocycles. The van der Waals surface area contributed by atoms with Crippen molar-refractivity contribution in [1.29, 1.82) is 0 Å². The van der Waals surface area contributed by atoms with E-state index in [0.29, 0.717) is 12.8 Å². The van der Waals surface area contributed by atoms with Crippen molar-refractivity contribution in [1.82, 2.24) is 0 Å². The van der Waals surface area contributed by atoms with Crippen molar-refractivity contribution in [2.75, 3.05) is 13.7 Å². The van der Waals surface area contributed by atoms with E-state index in [0.717, 1.165) is 24.2 Å². The van der Waals surface area contributed by atoms with Crippen LogP contribution < -0.4 is 4.74 Å². The van der Waals surface area contributed by atoms with Crippen LogP contribution in [0.15, 0.2) is 24.3 Å². The van der Waals surface area contributed by atoms with Crippen LogP contribution >= 0.6 is 8.03 Å². The molecule has 1 aromatic rings. The zero-order valence-corrected chi connectivity index (χ0v) is 10.7. The smallest absolute Gasteiger partial charge is 0.497 e. The van der Waals surface area contributed by atoms with Gasteiger partial charge in [0.1, 0.15) is 12.4 Å². The molecule has 0 saturated carbocycles. The Labute approximate surface area is 97.6 Å². The van der Waals surface area contributed by atoms with Gasteiger partial charge < -0.3 is 4.74 Å². The van der Waals surface area contributed by atoms with Gasteiger partial charge in [-0.15, -0.1) is 4.52 Å². The lowest BCUT2D eigenvalue weighted by Crippen LogP contribution is -1.88. The number of unbranched alkanes of at least 4 members (excludes halogenated alkanes) is 1. The molecular weight excluding hydrogens is 223 g/mol. The molecule has 0 N–H and O–H groups in total. The quantitative estimate of drug-likeness (QED) is 0.538. The van der Waals surface area contributed by atoms with E-state index in [-0.39, 0.29) is 0 Å². The van der Waals surface area contributed by atoms with Crippen LogP contribution in [0.4, 0.5) is 0 Å². The molecule has 1 unspecified atom stereocenters. The third kappa shape index (κ3) is 4.73. The molecule has 0 bridgehead atoms. The Hall–Kier alpha value is -0.920. The molecule has 0 aliphatic heterocycles. The third-order valence-electron chi connectivity index (χ3n) is 2.20. The van der Waals surface area contributed by atoms with Crippen LogP contribution in [0.1, 0.15) is 25.3 Å². The van der Waals surface area contributed by atoms with Crippen LogP contribution in [0.25, 0.3) is 0 Å². The van der Waals surface area contributed by atoms with E-state index in [1.807, 2.05) is 24.3 Å². The number of benzene rings is 1. The molecule has 1 atom stereocenters. The van der Waals surface area contributed by atoms with Crippen molar-refractivity contribution in [2.24, 2.45) is 0 Å². The van der Waals surface area contributed by atoms with Gasteiger partial charge in [-0.1, -0.05) is 25.5 Å². The standard InChI is InChI=1S/C12H18O3P/c1-3-4-9-15-16(13)10-11-5-7-12(14-2)8-6-11/h5-8H,3-4,9-10H2,1-2H3/q+1. The highest BCUT2D eigenvalue weighted by Gasteiger charge is 2.17. The lowest BCUT2D eigenvalue weighted by molar-refractivity contribution is 0.320. The summed E-state index contributed by atoms with van der Waals surface area (Å²) in [6, 6.07) is 7.56. The van der Waals surface area contributed by atoms with Gasteiger partial charge in [-0.3, -0.25) is 0 Å². The van der Waals surface area contributed by atoms with E-state index in [1.54, 1.807) is 7.11 Å².